The second-order valence-corrected chi connectivity index (χ2v) is 3.53. The zero-order valence-corrected chi connectivity index (χ0v) is 9.61. The predicted molar refractivity (Wildman–Crippen MR) is 61.7 cm³/mol. The number of nitrogens with zero attached hydrogens (tertiary/aromatic N) is 3. The summed E-state index contributed by atoms with van der Waals surface area (Å²) in [6, 6.07) is 0. The smallest absolute Gasteiger partial charge is 0.296 e. The van der Waals surface area contributed by atoms with Gasteiger partial charge in [-0.1, -0.05) is 5.16 Å². The molecule has 0 aliphatic carbocycles. The van der Waals surface area contributed by atoms with Crippen molar-refractivity contribution in [2.75, 3.05) is 11.9 Å². The Morgan fingerprint density at radius 1 is 1.53 bits per heavy atom. The van der Waals surface area contributed by atoms with Crippen LogP contribution in [0.25, 0.3) is 0 Å². The Morgan fingerprint density at radius 3 is 2.95 bits per heavy atom. The second kappa shape index (κ2) is 5.31. The third-order valence-electron chi connectivity index (χ3n) is 2.26. The molecule has 0 unspecified atom stereocenters. The van der Waals surface area contributed by atoms with Gasteiger partial charge in [-0.25, -0.2) is 4.98 Å². The van der Waals surface area contributed by atoms with Gasteiger partial charge < -0.3 is 20.1 Å². The maximum Gasteiger partial charge on any atom is 0.296 e. The lowest BCUT2D eigenvalue weighted by Crippen LogP contribution is -2.25. The monoisotopic (exact) mass is 266 g/mol. The first-order valence-corrected chi connectivity index (χ1v) is 5.23. The molecule has 9 nitrogen and oxygen atoms in total. The molecule has 0 radical (unpaired) electrons. The minimum absolute atomic E-state index is 0.0209. The van der Waals surface area contributed by atoms with E-state index in [0.29, 0.717) is 0 Å². The Labute approximate surface area is 106 Å². The zero-order valence-electron chi connectivity index (χ0n) is 9.61. The van der Waals surface area contributed by atoms with Crippen LogP contribution in [0.3, 0.4) is 0 Å². The fourth-order valence-electron chi connectivity index (χ4n) is 1.37. The Bertz CT molecular complexity index is 634. The van der Waals surface area contributed by atoms with Crippen LogP contribution in [0, 0.1) is 0 Å². The summed E-state index contributed by atoms with van der Waals surface area (Å²) in [5, 5.41) is 24.1. The first-order chi connectivity index (χ1) is 9.13. The summed E-state index contributed by atoms with van der Waals surface area (Å²) < 4.78 is 5.51. The van der Waals surface area contributed by atoms with Gasteiger partial charge in [0.2, 0.25) is 5.75 Å². The highest BCUT2D eigenvalue weighted by molar-refractivity contribution is 6.04. The van der Waals surface area contributed by atoms with Crippen LogP contribution >= 0.6 is 0 Å². The maximum absolute atomic E-state index is 11.8. The molecule has 0 saturated carbocycles. The van der Waals surface area contributed by atoms with E-state index >= 15 is 0 Å². The van der Waals surface area contributed by atoms with Gasteiger partial charge in [-0.2, -0.15) is 0 Å². The van der Waals surface area contributed by atoms with Gasteiger partial charge in [0.1, 0.15) is 12.0 Å². The van der Waals surface area contributed by atoms with Crippen molar-refractivity contribution in [2.45, 2.75) is 6.54 Å². The average molecular weight is 266 g/mol. The number of aliphatic hydroxyl groups is 1. The number of amides is 1. The number of carbonyl (C=O) groups excluding carboxylic acids is 1. The number of nitrogens with one attached hydrogen (secondary N) is 1. The topological polar surface area (TPSA) is 130 Å². The number of carbonyl (C=O) groups is 1. The molecule has 100 valence electrons. The van der Waals surface area contributed by atoms with Gasteiger partial charge in [0.05, 0.1) is 25.7 Å². The van der Waals surface area contributed by atoms with Crippen molar-refractivity contribution < 1.29 is 19.5 Å². The molecule has 0 fully saturated rings. The van der Waals surface area contributed by atoms with Crippen LogP contribution in [-0.4, -0.2) is 37.4 Å². The highest BCUT2D eigenvalue weighted by atomic mass is 16.5. The van der Waals surface area contributed by atoms with E-state index in [0.717, 1.165) is 10.9 Å². The van der Waals surface area contributed by atoms with Crippen molar-refractivity contribution in [3.05, 3.63) is 34.8 Å². The Morgan fingerprint density at radius 2 is 2.32 bits per heavy atom. The van der Waals surface area contributed by atoms with Crippen molar-refractivity contribution in [3.8, 4) is 5.75 Å². The summed E-state index contributed by atoms with van der Waals surface area (Å²) >= 11 is 0. The molecule has 0 atom stereocenters. The van der Waals surface area contributed by atoms with E-state index in [1.54, 1.807) is 0 Å². The fourth-order valence-corrected chi connectivity index (χ4v) is 1.37. The molecule has 0 bridgehead atoms. The summed E-state index contributed by atoms with van der Waals surface area (Å²) in [5.74, 6) is -1.56. The van der Waals surface area contributed by atoms with E-state index in [1.165, 1.54) is 12.5 Å². The molecule has 2 rings (SSSR count). The molecule has 19 heavy (non-hydrogen) atoms. The van der Waals surface area contributed by atoms with E-state index in [2.05, 4.69) is 20.0 Å². The molecule has 2 aromatic rings. The van der Waals surface area contributed by atoms with Crippen LogP contribution in [0.5, 0.6) is 5.75 Å². The molecule has 0 aliphatic rings. The zero-order chi connectivity index (χ0) is 13.8. The molecule has 0 aromatic carbocycles. The summed E-state index contributed by atoms with van der Waals surface area (Å²) in [7, 11) is 0. The van der Waals surface area contributed by atoms with E-state index in [9.17, 15) is 14.7 Å². The molecule has 9 heteroatoms. The Balaban J connectivity index is 2.28. The van der Waals surface area contributed by atoms with Gasteiger partial charge in [-0.3, -0.25) is 14.2 Å². The standard InChI is InChI=1S/C10H10N4O5/c15-2-1-14-5-11-7(8(16)10(14)18)9(17)13-6-3-12-19-4-6/h3-5,15-16H,1-2H2,(H,13,17). The normalized spacial score (nSPS) is 10.4. The Hall–Kier alpha value is -2.68. The molecule has 0 saturated heterocycles. The van der Waals surface area contributed by atoms with Crippen LogP contribution in [-0.2, 0) is 6.54 Å². The highest BCUT2D eigenvalue weighted by Crippen LogP contribution is 2.11. The van der Waals surface area contributed by atoms with Gasteiger partial charge in [0, 0.05) is 0 Å². The van der Waals surface area contributed by atoms with Crippen LogP contribution in [0.2, 0.25) is 0 Å². The number of aromatic nitrogens is 3. The maximum atomic E-state index is 11.8. The highest BCUT2D eigenvalue weighted by Gasteiger charge is 2.18. The molecular formula is C10H10N4O5. The summed E-state index contributed by atoms with van der Waals surface area (Å²) in [6.45, 7) is -0.305. The van der Waals surface area contributed by atoms with E-state index in [1.807, 2.05) is 0 Å². The summed E-state index contributed by atoms with van der Waals surface area (Å²) in [4.78, 5) is 27.1. The van der Waals surface area contributed by atoms with E-state index in [-0.39, 0.29) is 18.8 Å². The fraction of sp³-hybridized carbons (Fsp3) is 0.200. The molecule has 1 amide bonds. The first kappa shape index (κ1) is 12.8. The number of rotatable bonds is 4. The van der Waals surface area contributed by atoms with E-state index in [4.69, 9.17) is 5.11 Å². The van der Waals surface area contributed by atoms with Gasteiger partial charge in [0.15, 0.2) is 5.69 Å². The molecule has 2 aromatic heterocycles. The minimum Gasteiger partial charge on any atom is -0.501 e. The summed E-state index contributed by atoms with van der Waals surface area (Å²) in [5.41, 5.74) is -0.953. The molecule has 0 aliphatic heterocycles. The number of hydrogen-bond acceptors (Lipinski definition) is 7. The third kappa shape index (κ3) is 2.60. The summed E-state index contributed by atoms with van der Waals surface area (Å²) in [6.07, 6.45) is 3.50. The van der Waals surface area contributed by atoms with Crippen LogP contribution < -0.4 is 10.9 Å². The largest absolute Gasteiger partial charge is 0.501 e. The van der Waals surface area contributed by atoms with Crippen molar-refractivity contribution in [2.24, 2.45) is 0 Å². The number of anilines is 1. The molecular weight excluding hydrogens is 256 g/mol. The van der Waals surface area contributed by atoms with Gasteiger partial charge >= 0.3 is 0 Å². The third-order valence-corrected chi connectivity index (χ3v) is 2.26. The van der Waals surface area contributed by atoms with Crippen LogP contribution in [0.1, 0.15) is 10.5 Å². The lowest BCUT2D eigenvalue weighted by atomic mass is 10.3. The quantitative estimate of drug-likeness (QED) is 0.659. The number of hydrogen-bond donors (Lipinski definition) is 3. The Kier molecular flexibility index (Phi) is 3.57. The van der Waals surface area contributed by atoms with Crippen molar-refractivity contribution >= 4 is 11.6 Å². The lowest BCUT2D eigenvalue weighted by Gasteiger charge is -2.06. The van der Waals surface area contributed by atoms with Gasteiger partial charge in [0.25, 0.3) is 11.5 Å². The van der Waals surface area contributed by atoms with Gasteiger partial charge in [-0.05, 0) is 0 Å². The lowest BCUT2D eigenvalue weighted by molar-refractivity contribution is 0.101. The second-order valence-electron chi connectivity index (χ2n) is 3.53. The van der Waals surface area contributed by atoms with Crippen LogP contribution in [0.4, 0.5) is 5.69 Å². The van der Waals surface area contributed by atoms with Crippen molar-refractivity contribution in [1.82, 2.24) is 14.7 Å². The first-order valence-electron chi connectivity index (χ1n) is 5.23. The SMILES string of the molecule is O=C(Nc1cnoc1)c1ncn(CCO)c(=O)c1O. The predicted octanol–water partition coefficient (Wildman–Crippen LogP) is -0.819. The molecule has 2 heterocycles. The van der Waals surface area contributed by atoms with E-state index < -0.39 is 22.9 Å². The average Bonchev–Trinajstić information content (AvgIpc) is 2.88. The number of aromatic hydroxyl groups is 1. The molecule has 3 N–H and O–H groups in total. The van der Waals surface area contributed by atoms with Crippen LogP contribution in [0.15, 0.2) is 28.1 Å². The van der Waals surface area contributed by atoms with Gasteiger partial charge in [-0.15, -0.1) is 0 Å². The van der Waals surface area contributed by atoms with Crippen molar-refractivity contribution in [1.29, 1.82) is 0 Å². The number of aliphatic hydroxyl groups excluding tert-OH is 1. The minimum atomic E-state index is -0.806. The van der Waals surface area contributed by atoms with Crippen molar-refractivity contribution in [3.63, 3.8) is 0 Å². The molecule has 0 spiro atoms.